The zero-order chi connectivity index (χ0) is 14.7. The summed E-state index contributed by atoms with van der Waals surface area (Å²) in [5.74, 6) is -1.07. The van der Waals surface area contributed by atoms with Crippen LogP contribution in [0.1, 0.15) is 28.8 Å². The molecule has 2 aromatic carbocycles. The van der Waals surface area contributed by atoms with Crippen molar-refractivity contribution in [1.82, 2.24) is 0 Å². The molecule has 0 amide bonds. The van der Waals surface area contributed by atoms with Gasteiger partial charge in [0.15, 0.2) is 5.78 Å². The number of Topliss-reactive ketones (excluding diaryl/α,β-unsaturated/α-hetero) is 2. The van der Waals surface area contributed by atoms with Crippen molar-refractivity contribution in [3.05, 3.63) is 68.6 Å². The van der Waals surface area contributed by atoms with Gasteiger partial charge in [-0.3, -0.25) is 9.59 Å². The smallest absolute Gasteiger partial charge is 0.177 e. The van der Waals surface area contributed by atoms with Gasteiger partial charge < -0.3 is 0 Å². The van der Waals surface area contributed by atoms with E-state index in [2.05, 4.69) is 31.9 Å². The van der Waals surface area contributed by atoms with E-state index in [0.29, 0.717) is 11.1 Å². The molecule has 2 nitrogen and oxygen atoms in total. The topological polar surface area (TPSA) is 34.1 Å². The van der Waals surface area contributed by atoms with E-state index in [1.807, 2.05) is 12.1 Å². The molecule has 0 bridgehead atoms. The van der Waals surface area contributed by atoms with Gasteiger partial charge >= 0.3 is 0 Å². The predicted octanol–water partition coefficient (Wildman–Crippen LogP) is 4.77. The van der Waals surface area contributed by atoms with Crippen molar-refractivity contribution in [1.29, 1.82) is 0 Å². The van der Waals surface area contributed by atoms with Crippen LogP contribution in [0.4, 0.5) is 0 Å². The third kappa shape index (κ3) is 3.44. The van der Waals surface area contributed by atoms with Crippen LogP contribution in [-0.2, 0) is 4.79 Å². The highest BCUT2D eigenvalue weighted by Crippen LogP contribution is 2.24. The molecule has 0 aliphatic carbocycles. The maximum absolute atomic E-state index is 12.5. The van der Waals surface area contributed by atoms with E-state index in [0.717, 1.165) is 8.95 Å². The monoisotopic (exact) mass is 394 g/mol. The molecule has 2 rings (SSSR count). The summed E-state index contributed by atoms with van der Waals surface area (Å²) in [5, 5.41) is 0. The van der Waals surface area contributed by atoms with Crippen molar-refractivity contribution in [3.8, 4) is 0 Å². The van der Waals surface area contributed by atoms with Gasteiger partial charge in [0, 0.05) is 14.5 Å². The van der Waals surface area contributed by atoms with Crippen LogP contribution in [0, 0.1) is 0 Å². The molecular weight excluding hydrogens is 384 g/mol. The molecule has 0 aliphatic rings. The lowest BCUT2D eigenvalue weighted by molar-refractivity contribution is -0.117. The van der Waals surface area contributed by atoms with E-state index in [4.69, 9.17) is 0 Å². The Balaban J connectivity index is 2.38. The lowest BCUT2D eigenvalue weighted by Gasteiger charge is -2.13. The molecule has 1 atom stereocenters. The molecular formula is C16H12Br2O2. The second kappa shape index (κ2) is 6.46. The molecule has 0 aliphatic heterocycles. The quantitative estimate of drug-likeness (QED) is 0.552. The normalized spacial score (nSPS) is 11.9. The summed E-state index contributed by atoms with van der Waals surface area (Å²) in [6.07, 6.45) is 0. The zero-order valence-electron chi connectivity index (χ0n) is 10.8. The van der Waals surface area contributed by atoms with Gasteiger partial charge in [0.05, 0.1) is 0 Å². The first-order valence-electron chi connectivity index (χ1n) is 6.04. The highest BCUT2D eigenvalue weighted by atomic mass is 79.9. The highest BCUT2D eigenvalue weighted by molar-refractivity contribution is 9.10. The first kappa shape index (κ1) is 15.1. The fraction of sp³-hybridized carbons (Fsp3) is 0.125. The van der Waals surface area contributed by atoms with Crippen molar-refractivity contribution in [3.63, 3.8) is 0 Å². The maximum atomic E-state index is 12.5. The van der Waals surface area contributed by atoms with Gasteiger partial charge in [0.25, 0.3) is 0 Å². The summed E-state index contributed by atoms with van der Waals surface area (Å²) in [5.41, 5.74) is 1.25. The molecule has 0 saturated carbocycles. The average Bonchev–Trinajstić information content (AvgIpc) is 2.41. The number of rotatable bonds is 4. The molecule has 0 N–H and O–H groups in total. The number of benzene rings is 2. The van der Waals surface area contributed by atoms with Crippen LogP contribution in [-0.4, -0.2) is 11.6 Å². The van der Waals surface area contributed by atoms with E-state index in [-0.39, 0.29) is 11.6 Å². The molecule has 0 fully saturated rings. The first-order chi connectivity index (χ1) is 9.49. The van der Waals surface area contributed by atoms with Crippen molar-refractivity contribution >= 4 is 43.4 Å². The van der Waals surface area contributed by atoms with Crippen LogP contribution in [0.15, 0.2) is 57.5 Å². The number of ketones is 2. The lowest BCUT2D eigenvalue weighted by Crippen LogP contribution is -2.20. The predicted molar refractivity (Wildman–Crippen MR) is 86.0 cm³/mol. The van der Waals surface area contributed by atoms with Crippen LogP contribution in [0.3, 0.4) is 0 Å². The zero-order valence-corrected chi connectivity index (χ0v) is 13.9. The van der Waals surface area contributed by atoms with Crippen molar-refractivity contribution in [2.75, 3.05) is 0 Å². The minimum absolute atomic E-state index is 0.153. The molecule has 1 unspecified atom stereocenters. The van der Waals surface area contributed by atoms with E-state index in [1.54, 1.807) is 36.4 Å². The van der Waals surface area contributed by atoms with E-state index >= 15 is 0 Å². The van der Waals surface area contributed by atoms with Gasteiger partial charge in [0.1, 0.15) is 11.7 Å². The second-order valence-corrected chi connectivity index (χ2v) is 6.30. The van der Waals surface area contributed by atoms with E-state index in [1.165, 1.54) is 6.92 Å². The summed E-state index contributed by atoms with van der Waals surface area (Å²) < 4.78 is 1.82. The number of hydrogen-bond acceptors (Lipinski definition) is 2. The van der Waals surface area contributed by atoms with Crippen LogP contribution >= 0.6 is 31.9 Å². The van der Waals surface area contributed by atoms with Crippen LogP contribution in [0.25, 0.3) is 0 Å². The minimum atomic E-state index is -0.746. The summed E-state index contributed by atoms with van der Waals surface area (Å²) >= 11 is 6.68. The molecule has 0 radical (unpaired) electrons. The average molecular weight is 396 g/mol. The Hall–Kier alpha value is -1.26. The van der Waals surface area contributed by atoms with E-state index < -0.39 is 5.92 Å². The van der Waals surface area contributed by atoms with Crippen LogP contribution in [0.5, 0.6) is 0 Å². The number of carbonyl (C=O) groups is 2. The first-order valence-corrected chi connectivity index (χ1v) is 7.63. The number of hydrogen-bond donors (Lipinski definition) is 0. The maximum Gasteiger partial charge on any atom is 0.177 e. The number of halogens is 2. The standard InChI is InChI=1S/C16H12Br2O2/c1-10(19)15(11-2-6-13(17)7-3-11)16(20)12-4-8-14(18)9-5-12/h2-9,15H,1H3. The Morgan fingerprint density at radius 3 is 1.75 bits per heavy atom. The Morgan fingerprint density at radius 1 is 0.850 bits per heavy atom. The Bertz CT molecular complexity index is 631. The summed E-state index contributed by atoms with van der Waals surface area (Å²) in [4.78, 5) is 24.4. The third-order valence-electron chi connectivity index (χ3n) is 3.00. The van der Waals surface area contributed by atoms with Crippen molar-refractivity contribution in [2.45, 2.75) is 12.8 Å². The lowest BCUT2D eigenvalue weighted by atomic mass is 9.88. The fourth-order valence-electron chi connectivity index (χ4n) is 2.01. The van der Waals surface area contributed by atoms with Gasteiger partial charge in [-0.2, -0.15) is 0 Å². The molecule has 0 spiro atoms. The summed E-state index contributed by atoms with van der Waals surface area (Å²) in [6, 6.07) is 14.3. The Kier molecular flexibility index (Phi) is 4.89. The van der Waals surface area contributed by atoms with E-state index in [9.17, 15) is 9.59 Å². The van der Waals surface area contributed by atoms with Crippen molar-refractivity contribution in [2.24, 2.45) is 0 Å². The van der Waals surface area contributed by atoms with Crippen LogP contribution < -0.4 is 0 Å². The van der Waals surface area contributed by atoms with Gasteiger partial charge in [-0.1, -0.05) is 56.1 Å². The summed E-state index contributed by atoms with van der Waals surface area (Å²) in [6.45, 7) is 1.45. The van der Waals surface area contributed by atoms with Gasteiger partial charge in [-0.25, -0.2) is 0 Å². The van der Waals surface area contributed by atoms with Gasteiger partial charge in [0.2, 0.25) is 0 Å². The SMILES string of the molecule is CC(=O)C(C(=O)c1ccc(Br)cc1)c1ccc(Br)cc1. The van der Waals surface area contributed by atoms with Crippen LogP contribution in [0.2, 0.25) is 0 Å². The molecule has 102 valence electrons. The second-order valence-electron chi connectivity index (χ2n) is 4.47. The Morgan fingerprint density at radius 2 is 1.30 bits per heavy atom. The molecule has 4 heteroatoms. The van der Waals surface area contributed by atoms with Crippen molar-refractivity contribution < 1.29 is 9.59 Å². The highest BCUT2D eigenvalue weighted by Gasteiger charge is 2.26. The molecule has 0 heterocycles. The summed E-state index contributed by atoms with van der Waals surface area (Å²) in [7, 11) is 0. The van der Waals surface area contributed by atoms with Gasteiger partial charge in [-0.15, -0.1) is 0 Å². The third-order valence-corrected chi connectivity index (χ3v) is 4.06. The Labute approximate surface area is 134 Å². The largest absolute Gasteiger partial charge is 0.299 e. The number of carbonyl (C=O) groups excluding carboxylic acids is 2. The molecule has 20 heavy (non-hydrogen) atoms. The van der Waals surface area contributed by atoms with Gasteiger partial charge in [-0.05, 0) is 36.8 Å². The molecule has 2 aromatic rings. The fourth-order valence-corrected chi connectivity index (χ4v) is 2.54. The molecule has 0 aromatic heterocycles. The minimum Gasteiger partial charge on any atom is -0.299 e. The molecule has 0 saturated heterocycles.